The molecule has 1 aliphatic heterocycles. The maximum Gasteiger partial charge on any atom is 0.330 e. The summed E-state index contributed by atoms with van der Waals surface area (Å²) in [7, 11) is 0. The summed E-state index contributed by atoms with van der Waals surface area (Å²) in [5.41, 5.74) is 0. The summed E-state index contributed by atoms with van der Waals surface area (Å²) in [4.78, 5) is 33.3. The predicted octanol–water partition coefficient (Wildman–Crippen LogP) is 0.0194. The highest BCUT2D eigenvalue weighted by Gasteiger charge is 2.29. The Morgan fingerprint density at radius 2 is 1.88 bits per heavy atom. The van der Waals surface area contributed by atoms with Crippen LogP contribution in [0.1, 0.15) is 27.2 Å². The molecule has 0 aromatic heterocycles. The minimum atomic E-state index is -1.36. The van der Waals surface area contributed by atoms with Crippen LogP contribution in [-0.2, 0) is 28.6 Å². The first-order valence-electron chi connectivity index (χ1n) is 7.46. The molecule has 0 unspecified atom stereocenters. The van der Waals surface area contributed by atoms with Crippen molar-refractivity contribution >= 4 is 17.9 Å². The Bertz CT molecular complexity index is 524. The zero-order valence-corrected chi connectivity index (χ0v) is 13.7. The van der Waals surface area contributed by atoms with E-state index >= 15 is 0 Å². The molecule has 0 aromatic rings. The van der Waals surface area contributed by atoms with Crippen molar-refractivity contribution in [3.05, 3.63) is 24.3 Å². The van der Waals surface area contributed by atoms with Crippen LogP contribution in [0.4, 0.5) is 0 Å². The molecule has 1 heterocycles. The summed E-state index contributed by atoms with van der Waals surface area (Å²) in [5.74, 6) is -1.73. The molecule has 0 saturated heterocycles. The van der Waals surface area contributed by atoms with Crippen molar-refractivity contribution in [2.75, 3.05) is 0 Å². The van der Waals surface area contributed by atoms with E-state index in [-0.39, 0.29) is 6.42 Å². The van der Waals surface area contributed by atoms with Crippen molar-refractivity contribution in [2.24, 2.45) is 0 Å². The Labute approximate surface area is 139 Å². The zero-order valence-electron chi connectivity index (χ0n) is 13.7. The molecule has 134 valence electrons. The number of aliphatic hydroxyl groups excluding tert-OH is 2. The highest BCUT2D eigenvalue weighted by atomic mass is 16.6. The topological polar surface area (TPSA) is 119 Å². The number of carbonyl (C=O) groups excluding carboxylic acids is 3. The molecular formula is C16H22O8. The van der Waals surface area contributed by atoms with Gasteiger partial charge in [0.25, 0.3) is 0 Å². The number of hydrogen-bond donors (Lipinski definition) is 2. The predicted molar refractivity (Wildman–Crippen MR) is 81.6 cm³/mol. The van der Waals surface area contributed by atoms with Crippen molar-refractivity contribution in [3.63, 3.8) is 0 Å². The minimum Gasteiger partial charge on any atom is -0.459 e. The number of cyclic esters (lactones) is 1. The van der Waals surface area contributed by atoms with E-state index in [1.165, 1.54) is 39.0 Å². The standard InChI is InChI=1S/C16H22O8/c1-9(22-10(2)17)13(23-11(3)18)8-7-12(19)16(21)14-5-4-6-15(20)24-14/h4,6-9,12-14,16,19,21H,5H2,1-3H3/b8-7+/t9-,12-,13-,14+,16-/m0/s1. The van der Waals surface area contributed by atoms with E-state index in [1.54, 1.807) is 6.08 Å². The molecule has 8 nitrogen and oxygen atoms in total. The summed E-state index contributed by atoms with van der Waals surface area (Å²) >= 11 is 0. The largest absolute Gasteiger partial charge is 0.459 e. The fourth-order valence-corrected chi connectivity index (χ4v) is 2.11. The third-order valence-corrected chi connectivity index (χ3v) is 3.24. The molecule has 5 atom stereocenters. The Kier molecular flexibility index (Phi) is 7.60. The lowest BCUT2D eigenvalue weighted by Gasteiger charge is -2.26. The molecule has 2 N–H and O–H groups in total. The molecule has 24 heavy (non-hydrogen) atoms. The first-order valence-corrected chi connectivity index (χ1v) is 7.46. The Hall–Kier alpha value is -2.19. The first-order chi connectivity index (χ1) is 11.2. The Morgan fingerprint density at radius 3 is 2.42 bits per heavy atom. The van der Waals surface area contributed by atoms with Gasteiger partial charge in [-0.05, 0) is 13.0 Å². The molecule has 0 bridgehead atoms. The van der Waals surface area contributed by atoms with Gasteiger partial charge < -0.3 is 24.4 Å². The van der Waals surface area contributed by atoms with Crippen LogP contribution in [0.25, 0.3) is 0 Å². The van der Waals surface area contributed by atoms with Gasteiger partial charge in [-0.1, -0.05) is 12.2 Å². The van der Waals surface area contributed by atoms with Crippen LogP contribution in [0.15, 0.2) is 24.3 Å². The lowest BCUT2D eigenvalue weighted by atomic mass is 10.0. The minimum absolute atomic E-state index is 0.273. The van der Waals surface area contributed by atoms with Crippen molar-refractivity contribution in [1.82, 2.24) is 0 Å². The molecule has 0 amide bonds. The van der Waals surface area contributed by atoms with Crippen molar-refractivity contribution in [2.45, 2.75) is 57.7 Å². The summed E-state index contributed by atoms with van der Waals surface area (Å²) in [6, 6.07) is 0. The molecule has 0 spiro atoms. The van der Waals surface area contributed by atoms with Crippen molar-refractivity contribution in [3.8, 4) is 0 Å². The van der Waals surface area contributed by atoms with Crippen molar-refractivity contribution in [1.29, 1.82) is 0 Å². The quantitative estimate of drug-likeness (QED) is 0.377. The molecule has 8 heteroatoms. The fourth-order valence-electron chi connectivity index (χ4n) is 2.11. The van der Waals surface area contributed by atoms with Crippen LogP contribution in [0.2, 0.25) is 0 Å². The number of hydrogen-bond acceptors (Lipinski definition) is 8. The van der Waals surface area contributed by atoms with E-state index < -0.39 is 48.4 Å². The maximum absolute atomic E-state index is 11.2. The Balaban J connectivity index is 2.72. The van der Waals surface area contributed by atoms with Gasteiger partial charge in [0, 0.05) is 26.3 Å². The second kappa shape index (κ2) is 9.19. The molecule has 0 aliphatic carbocycles. The molecule has 1 aliphatic rings. The summed E-state index contributed by atoms with van der Waals surface area (Å²) in [6.45, 7) is 3.94. The first kappa shape index (κ1) is 19.9. The van der Waals surface area contributed by atoms with E-state index in [1.807, 2.05) is 0 Å². The summed E-state index contributed by atoms with van der Waals surface area (Å²) in [6.07, 6.45) is 0.269. The molecule has 0 radical (unpaired) electrons. The third-order valence-electron chi connectivity index (χ3n) is 3.24. The van der Waals surface area contributed by atoms with E-state index in [0.717, 1.165) is 0 Å². The van der Waals surface area contributed by atoms with Gasteiger partial charge in [-0.3, -0.25) is 9.59 Å². The van der Waals surface area contributed by atoms with Gasteiger partial charge >= 0.3 is 17.9 Å². The van der Waals surface area contributed by atoms with E-state index in [9.17, 15) is 24.6 Å². The summed E-state index contributed by atoms with van der Waals surface area (Å²) < 4.78 is 14.9. The van der Waals surface area contributed by atoms with Gasteiger partial charge in [-0.25, -0.2) is 4.79 Å². The summed E-state index contributed by atoms with van der Waals surface area (Å²) in [5, 5.41) is 20.0. The number of rotatable bonds is 7. The second-order valence-corrected chi connectivity index (χ2v) is 5.37. The van der Waals surface area contributed by atoms with E-state index in [0.29, 0.717) is 0 Å². The van der Waals surface area contributed by atoms with Gasteiger partial charge in [0.15, 0.2) is 6.10 Å². The van der Waals surface area contributed by atoms with Crippen LogP contribution in [0, 0.1) is 0 Å². The number of ether oxygens (including phenoxy) is 3. The highest BCUT2D eigenvalue weighted by Crippen LogP contribution is 2.16. The van der Waals surface area contributed by atoms with E-state index in [4.69, 9.17) is 14.2 Å². The average molecular weight is 342 g/mol. The monoisotopic (exact) mass is 342 g/mol. The van der Waals surface area contributed by atoms with Crippen LogP contribution in [-0.4, -0.2) is 58.6 Å². The van der Waals surface area contributed by atoms with Crippen LogP contribution < -0.4 is 0 Å². The van der Waals surface area contributed by atoms with Gasteiger partial charge in [-0.2, -0.15) is 0 Å². The lowest BCUT2D eigenvalue weighted by Crippen LogP contribution is -2.40. The van der Waals surface area contributed by atoms with E-state index in [2.05, 4.69) is 0 Å². The SMILES string of the molecule is CC(=O)O[C@@H](C)[C@H](/C=C/[C@H](O)[C@H](O)[C@H]1CC=CC(=O)O1)OC(C)=O. The number of esters is 3. The molecule has 0 fully saturated rings. The normalized spacial score (nSPS) is 22.4. The van der Waals surface area contributed by atoms with Gasteiger partial charge in [0.05, 0.1) is 0 Å². The number of aliphatic hydroxyl groups is 2. The smallest absolute Gasteiger partial charge is 0.330 e. The van der Waals surface area contributed by atoms with Crippen molar-refractivity contribution < 1.29 is 38.8 Å². The fraction of sp³-hybridized carbons (Fsp3) is 0.562. The number of carbonyl (C=O) groups is 3. The second-order valence-electron chi connectivity index (χ2n) is 5.37. The highest BCUT2D eigenvalue weighted by molar-refractivity contribution is 5.82. The average Bonchev–Trinajstić information content (AvgIpc) is 2.49. The molecule has 1 rings (SSSR count). The van der Waals surface area contributed by atoms with Crippen LogP contribution >= 0.6 is 0 Å². The van der Waals surface area contributed by atoms with Crippen LogP contribution in [0.3, 0.4) is 0 Å². The molecule has 0 saturated carbocycles. The zero-order chi connectivity index (χ0) is 18.3. The maximum atomic E-state index is 11.2. The third kappa shape index (κ3) is 6.51. The lowest BCUT2D eigenvalue weighted by molar-refractivity contribution is -0.160. The Morgan fingerprint density at radius 1 is 1.25 bits per heavy atom. The van der Waals surface area contributed by atoms with Gasteiger partial charge in [0.1, 0.15) is 24.4 Å². The van der Waals surface area contributed by atoms with Crippen LogP contribution in [0.5, 0.6) is 0 Å². The van der Waals surface area contributed by atoms with Gasteiger partial charge in [0.2, 0.25) is 0 Å². The molecule has 0 aromatic carbocycles. The molecular weight excluding hydrogens is 320 g/mol. The van der Waals surface area contributed by atoms with Gasteiger partial charge in [-0.15, -0.1) is 0 Å².